The molecule has 0 aromatic heterocycles. The van der Waals surface area contributed by atoms with Gasteiger partial charge in [-0.05, 0) is 50.2 Å². The fourth-order valence-corrected chi connectivity index (χ4v) is 3.29. The molecule has 8 heteroatoms. The molecule has 1 saturated heterocycles. The molecule has 0 spiro atoms. The van der Waals surface area contributed by atoms with Crippen molar-refractivity contribution in [2.24, 2.45) is 0 Å². The number of nitrogens with one attached hydrogen (secondary N) is 2. The van der Waals surface area contributed by atoms with Gasteiger partial charge in [0, 0.05) is 24.7 Å². The summed E-state index contributed by atoms with van der Waals surface area (Å²) in [6.07, 6.45) is 1.61. The second kappa shape index (κ2) is 8.12. The molecule has 0 radical (unpaired) electrons. The maximum atomic E-state index is 11.4. The Morgan fingerprint density at radius 2 is 1.91 bits per heavy atom. The Hall–Kier alpha value is -0.860. The molecule has 0 atom stereocenters. The molecule has 6 nitrogen and oxygen atoms in total. The third-order valence-corrected chi connectivity index (χ3v) is 5.10. The summed E-state index contributed by atoms with van der Waals surface area (Å²) < 4.78 is 33.5. The van der Waals surface area contributed by atoms with Gasteiger partial charge in [0.15, 0.2) is 0 Å². The molecular weight excluding hydrogens is 326 g/mol. The summed E-state index contributed by atoms with van der Waals surface area (Å²) >= 11 is 5.82. The number of benzene rings is 1. The van der Waals surface area contributed by atoms with Gasteiger partial charge in [0.25, 0.3) is 10.2 Å². The van der Waals surface area contributed by atoms with Crippen LogP contribution in [0.15, 0.2) is 24.3 Å². The van der Waals surface area contributed by atoms with E-state index in [9.17, 15) is 8.42 Å². The van der Waals surface area contributed by atoms with E-state index in [1.807, 2.05) is 12.1 Å². The van der Waals surface area contributed by atoms with Gasteiger partial charge in [-0.2, -0.15) is 13.1 Å². The SMILES string of the molecule is CNS(=O)(=O)NC1CCN(CCOc2ccc(Cl)cc2)CC1. The predicted octanol–water partition coefficient (Wildman–Crippen LogP) is 1.24. The van der Waals surface area contributed by atoms with Crippen LogP contribution in [0.2, 0.25) is 5.02 Å². The second-order valence-corrected chi connectivity index (χ2v) is 7.33. The lowest BCUT2D eigenvalue weighted by atomic mass is 10.1. The van der Waals surface area contributed by atoms with E-state index >= 15 is 0 Å². The molecule has 2 N–H and O–H groups in total. The third-order valence-electron chi connectivity index (χ3n) is 3.67. The van der Waals surface area contributed by atoms with E-state index in [2.05, 4.69) is 14.3 Å². The van der Waals surface area contributed by atoms with E-state index < -0.39 is 10.2 Å². The van der Waals surface area contributed by atoms with Gasteiger partial charge in [0.1, 0.15) is 12.4 Å². The number of likely N-dealkylation sites (tertiary alicyclic amines) is 1. The molecule has 0 unspecified atom stereocenters. The average molecular weight is 348 g/mol. The molecular formula is C14H22ClN3O3S. The van der Waals surface area contributed by atoms with Crippen LogP contribution in [0.1, 0.15) is 12.8 Å². The zero-order valence-corrected chi connectivity index (χ0v) is 14.2. The predicted molar refractivity (Wildman–Crippen MR) is 87.5 cm³/mol. The molecule has 1 fully saturated rings. The highest BCUT2D eigenvalue weighted by molar-refractivity contribution is 7.87. The van der Waals surface area contributed by atoms with Crippen molar-refractivity contribution >= 4 is 21.8 Å². The standard InChI is InChI=1S/C14H22ClN3O3S/c1-16-22(19,20)17-13-6-8-18(9-7-13)10-11-21-14-4-2-12(15)3-5-14/h2-5,13,16-17H,6-11H2,1H3. The van der Waals surface area contributed by atoms with E-state index in [1.165, 1.54) is 7.05 Å². The summed E-state index contributed by atoms with van der Waals surface area (Å²) in [4.78, 5) is 2.28. The summed E-state index contributed by atoms with van der Waals surface area (Å²) in [5, 5.41) is 0.693. The lowest BCUT2D eigenvalue weighted by Gasteiger charge is -2.31. The van der Waals surface area contributed by atoms with Crippen LogP contribution in [0, 0.1) is 0 Å². The molecule has 124 valence electrons. The second-order valence-electron chi connectivity index (χ2n) is 5.24. The summed E-state index contributed by atoms with van der Waals surface area (Å²) in [6.45, 7) is 3.16. The zero-order valence-electron chi connectivity index (χ0n) is 12.6. The van der Waals surface area contributed by atoms with Crippen molar-refractivity contribution in [1.29, 1.82) is 0 Å². The summed E-state index contributed by atoms with van der Waals surface area (Å²) in [7, 11) is -1.94. The molecule has 0 amide bonds. The van der Waals surface area contributed by atoms with Crippen LogP contribution < -0.4 is 14.2 Å². The van der Waals surface area contributed by atoms with Crippen molar-refractivity contribution < 1.29 is 13.2 Å². The third kappa shape index (κ3) is 5.73. The molecule has 2 rings (SSSR count). The number of ether oxygens (including phenoxy) is 1. The van der Waals surface area contributed by atoms with E-state index in [0.717, 1.165) is 38.2 Å². The normalized spacial score (nSPS) is 17.5. The highest BCUT2D eigenvalue weighted by Gasteiger charge is 2.22. The number of rotatable bonds is 7. The van der Waals surface area contributed by atoms with E-state index in [-0.39, 0.29) is 6.04 Å². The minimum Gasteiger partial charge on any atom is -0.492 e. The molecule has 0 aliphatic carbocycles. The maximum Gasteiger partial charge on any atom is 0.276 e. The highest BCUT2D eigenvalue weighted by Crippen LogP contribution is 2.16. The Morgan fingerprint density at radius 3 is 2.50 bits per heavy atom. The lowest BCUT2D eigenvalue weighted by molar-refractivity contribution is 0.170. The summed E-state index contributed by atoms with van der Waals surface area (Å²) in [6, 6.07) is 7.31. The Bertz CT molecular complexity index is 557. The van der Waals surface area contributed by atoms with Crippen LogP contribution in [0.3, 0.4) is 0 Å². The van der Waals surface area contributed by atoms with Crippen LogP contribution in [-0.4, -0.2) is 52.6 Å². The van der Waals surface area contributed by atoms with Crippen molar-refractivity contribution in [2.45, 2.75) is 18.9 Å². The average Bonchev–Trinajstić information content (AvgIpc) is 2.51. The minimum atomic E-state index is -3.35. The Morgan fingerprint density at radius 1 is 1.27 bits per heavy atom. The smallest absolute Gasteiger partial charge is 0.276 e. The molecule has 1 aliphatic heterocycles. The van der Waals surface area contributed by atoms with Gasteiger partial charge in [0.05, 0.1) is 0 Å². The van der Waals surface area contributed by atoms with Crippen molar-refractivity contribution in [2.75, 3.05) is 33.3 Å². The fourth-order valence-electron chi connectivity index (χ4n) is 2.38. The topological polar surface area (TPSA) is 70.7 Å². The van der Waals surface area contributed by atoms with Gasteiger partial charge in [-0.3, -0.25) is 4.90 Å². The first-order chi connectivity index (χ1) is 10.5. The van der Waals surface area contributed by atoms with Crippen LogP contribution in [0.25, 0.3) is 0 Å². The lowest BCUT2D eigenvalue weighted by Crippen LogP contribution is -2.48. The van der Waals surface area contributed by atoms with Crippen molar-refractivity contribution in [3.63, 3.8) is 0 Å². The summed E-state index contributed by atoms with van der Waals surface area (Å²) in [5.41, 5.74) is 0. The number of hydrogen-bond donors (Lipinski definition) is 2. The van der Waals surface area contributed by atoms with Crippen molar-refractivity contribution in [3.05, 3.63) is 29.3 Å². The van der Waals surface area contributed by atoms with Crippen molar-refractivity contribution in [3.8, 4) is 5.75 Å². The van der Waals surface area contributed by atoms with Gasteiger partial charge < -0.3 is 4.74 Å². The Labute approximate surface area is 137 Å². The molecule has 1 heterocycles. The van der Waals surface area contributed by atoms with Crippen molar-refractivity contribution in [1.82, 2.24) is 14.3 Å². The number of hydrogen-bond acceptors (Lipinski definition) is 4. The van der Waals surface area contributed by atoms with E-state index in [0.29, 0.717) is 11.6 Å². The summed E-state index contributed by atoms with van der Waals surface area (Å²) in [5.74, 6) is 0.807. The Kier molecular flexibility index (Phi) is 6.46. The van der Waals surface area contributed by atoms with Gasteiger partial charge in [-0.15, -0.1) is 0 Å². The maximum absolute atomic E-state index is 11.4. The van der Waals surface area contributed by atoms with Crippen LogP contribution in [0.5, 0.6) is 5.75 Å². The Balaban J connectivity index is 1.66. The van der Waals surface area contributed by atoms with E-state index in [4.69, 9.17) is 16.3 Å². The van der Waals surface area contributed by atoms with Gasteiger partial charge in [0.2, 0.25) is 0 Å². The number of piperidine rings is 1. The van der Waals surface area contributed by atoms with Gasteiger partial charge >= 0.3 is 0 Å². The first-order valence-electron chi connectivity index (χ1n) is 7.30. The molecule has 22 heavy (non-hydrogen) atoms. The fraction of sp³-hybridized carbons (Fsp3) is 0.571. The van der Waals surface area contributed by atoms with E-state index in [1.54, 1.807) is 12.1 Å². The first kappa shape index (κ1) is 17.5. The molecule has 0 saturated carbocycles. The molecule has 1 aromatic rings. The number of halogens is 1. The van der Waals surface area contributed by atoms with Crippen LogP contribution >= 0.6 is 11.6 Å². The largest absolute Gasteiger partial charge is 0.492 e. The molecule has 1 aromatic carbocycles. The van der Waals surface area contributed by atoms with Crippen LogP contribution in [-0.2, 0) is 10.2 Å². The quantitative estimate of drug-likeness (QED) is 0.778. The van der Waals surface area contributed by atoms with Crippen LogP contribution in [0.4, 0.5) is 0 Å². The highest BCUT2D eigenvalue weighted by atomic mass is 35.5. The van der Waals surface area contributed by atoms with Gasteiger partial charge in [-0.1, -0.05) is 11.6 Å². The monoisotopic (exact) mass is 347 g/mol. The zero-order chi connectivity index (χ0) is 16.0. The number of nitrogens with zero attached hydrogens (tertiary/aromatic N) is 1. The molecule has 1 aliphatic rings. The van der Waals surface area contributed by atoms with Gasteiger partial charge in [-0.25, -0.2) is 4.72 Å². The molecule has 0 bridgehead atoms. The minimum absolute atomic E-state index is 0.00545. The first-order valence-corrected chi connectivity index (χ1v) is 9.16.